The first-order chi connectivity index (χ1) is 12.1. The summed E-state index contributed by atoms with van der Waals surface area (Å²) in [6.07, 6.45) is 3.75. The van der Waals surface area contributed by atoms with Crippen LogP contribution in [-0.2, 0) is 16.5 Å². The first-order valence-electron chi connectivity index (χ1n) is 8.91. The van der Waals surface area contributed by atoms with Gasteiger partial charge < -0.3 is 4.18 Å². The molecule has 0 saturated heterocycles. The SMILES string of the molecule is CCCC1CCC2c3ccc(OS(=O)(=O)C(F)(F)F)cc3CCC2C1F. The van der Waals surface area contributed by atoms with Gasteiger partial charge in [-0.3, -0.25) is 0 Å². The Balaban J connectivity index is 1.81. The van der Waals surface area contributed by atoms with E-state index in [2.05, 4.69) is 4.18 Å². The van der Waals surface area contributed by atoms with Gasteiger partial charge in [0.05, 0.1) is 0 Å². The number of alkyl halides is 4. The van der Waals surface area contributed by atoms with Crippen LogP contribution >= 0.6 is 0 Å². The van der Waals surface area contributed by atoms with Crippen LogP contribution in [0, 0.1) is 11.8 Å². The zero-order chi connectivity index (χ0) is 19.1. The topological polar surface area (TPSA) is 43.4 Å². The van der Waals surface area contributed by atoms with Crippen molar-refractivity contribution in [2.75, 3.05) is 0 Å². The maximum Gasteiger partial charge on any atom is 0.534 e. The lowest BCUT2D eigenvalue weighted by Gasteiger charge is -2.43. The molecule has 26 heavy (non-hydrogen) atoms. The number of rotatable bonds is 4. The van der Waals surface area contributed by atoms with E-state index in [1.807, 2.05) is 6.92 Å². The smallest absolute Gasteiger partial charge is 0.376 e. The molecule has 3 rings (SSSR count). The number of aryl methyl sites for hydroxylation is 1. The average Bonchev–Trinajstić information content (AvgIpc) is 2.55. The zero-order valence-electron chi connectivity index (χ0n) is 14.4. The van der Waals surface area contributed by atoms with Crippen LogP contribution in [-0.4, -0.2) is 20.1 Å². The van der Waals surface area contributed by atoms with E-state index < -0.39 is 21.8 Å². The van der Waals surface area contributed by atoms with Gasteiger partial charge in [0.15, 0.2) is 0 Å². The number of benzene rings is 1. The van der Waals surface area contributed by atoms with E-state index in [1.54, 1.807) is 6.07 Å². The third kappa shape index (κ3) is 3.57. The van der Waals surface area contributed by atoms with Crippen LogP contribution in [0.5, 0.6) is 5.75 Å². The molecule has 0 aromatic heterocycles. The van der Waals surface area contributed by atoms with Crippen molar-refractivity contribution in [1.29, 1.82) is 0 Å². The Morgan fingerprint density at radius 3 is 2.58 bits per heavy atom. The van der Waals surface area contributed by atoms with Gasteiger partial charge in [0.2, 0.25) is 0 Å². The zero-order valence-corrected chi connectivity index (χ0v) is 15.2. The molecule has 3 nitrogen and oxygen atoms in total. The first-order valence-corrected chi connectivity index (χ1v) is 10.3. The third-order valence-electron chi connectivity index (χ3n) is 5.63. The van der Waals surface area contributed by atoms with Crippen LogP contribution < -0.4 is 4.18 Å². The fraction of sp³-hybridized carbons (Fsp3) is 0.667. The number of hydrogen-bond donors (Lipinski definition) is 0. The lowest BCUT2D eigenvalue weighted by atomic mass is 9.63. The van der Waals surface area contributed by atoms with Gasteiger partial charge in [0.25, 0.3) is 0 Å². The fourth-order valence-corrected chi connectivity index (χ4v) is 4.92. The molecule has 0 radical (unpaired) electrons. The minimum Gasteiger partial charge on any atom is -0.376 e. The van der Waals surface area contributed by atoms with Gasteiger partial charge in [-0.1, -0.05) is 19.4 Å². The molecule has 1 aromatic carbocycles. The summed E-state index contributed by atoms with van der Waals surface area (Å²) in [7, 11) is -5.68. The normalized spacial score (nSPS) is 29.0. The van der Waals surface area contributed by atoms with Gasteiger partial charge in [-0.2, -0.15) is 21.6 Å². The van der Waals surface area contributed by atoms with Crippen molar-refractivity contribution in [1.82, 2.24) is 0 Å². The van der Waals surface area contributed by atoms with E-state index in [1.165, 1.54) is 12.1 Å². The van der Waals surface area contributed by atoms with E-state index >= 15 is 0 Å². The molecule has 0 spiro atoms. The lowest BCUT2D eigenvalue weighted by molar-refractivity contribution is -0.0500. The number of hydrogen-bond acceptors (Lipinski definition) is 3. The number of halogens is 4. The second-order valence-electron chi connectivity index (χ2n) is 7.22. The van der Waals surface area contributed by atoms with Crippen molar-refractivity contribution in [3.05, 3.63) is 29.3 Å². The summed E-state index contributed by atoms with van der Waals surface area (Å²) in [5.74, 6) is -0.299. The molecule has 8 heteroatoms. The highest BCUT2D eigenvalue weighted by molar-refractivity contribution is 7.88. The fourth-order valence-electron chi connectivity index (χ4n) is 4.47. The highest BCUT2D eigenvalue weighted by atomic mass is 32.2. The molecule has 2 aliphatic carbocycles. The van der Waals surface area contributed by atoms with Crippen LogP contribution in [0.1, 0.15) is 56.1 Å². The third-order valence-corrected chi connectivity index (χ3v) is 6.61. The summed E-state index contributed by atoms with van der Waals surface area (Å²) in [6.45, 7) is 2.05. The summed E-state index contributed by atoms with van der Waals surface area (Å²) >= 11 is 0. The summed E-state index contributed by atoms with van der Waals surface area (Å²) in [5, 5.41) is 0. The molecule has 0 bridgehead atoms. The Hall–Kier alpha value is -1.31. The van der Waals surface area contributed by atoms with Crippen LogP contribution in [0.4, 0.5) is 17.6 Å². The Morgan fingerprint density at radius 2 is 1.92 bits per heavy atom. The molecule has 2 aliphatic rings. The van der Waals surface area contributed by atoms with Crippen molar-refractivity contribution in [3.63, 3.8) is 0 Å². The summed E-state index contributed by atoms with van der Waals surface area (Å²) in [4.78, 5) is 0. The summed E-state index contributed by atoms with van der Waals surface area (Å²) in [6, 6.07) is 4.18. The minimum atomic E-state index is -5.68. The second kappa shape index (κ2) is 7.02. The standard InChI is InChI=1S/C18H22F4O3S/c1-2-3-11-4-7-15-14-9-6-13(25-26(23,24)18(20,21)22)10-12(14)5-8-16(15)17(11)19/h6,9-11,15-17H,2-5,7-8H2,1H3. The lowest BCUT2D eigenvalue weighted by Crippen LogP contribution is -2.38. The maximum atomic E-state index is 14.9. The first kappa shape index (κ1) is 19.5. The molecule has 146 valence electrons. The van der Waals surface area contributed by atoms with E-state index in [0.717, 1.165) is 36.8 Å². The Bertz CT molecular complexity index is 760. The molecule has 0 amide bonds. The molecule has 1 fully saturated rings. The quantitative estimate of drug-likeness (QED) is 0.405. The van der Waals surface area contributed by atoms with Crippen LogP contribution in [0.2, 0.25) is 0 Å². The second-order valence-corrected chi connectivity index (χ2v) is 8.76. The molecule has 4 atom stereocenters. The highest BCUT2D eigenvalue weighted by Gasteiger charge is 2.49. The molecule has 0 aliphatic heterocycles. The van der Waals surface area contributed by atoms with E-state index in [-0.39, 0.29) is 23.5 Å². The highest BCUT2D eigenvalue weighted by Crippen LogP contribution is 2.49. The van der Waals surface area contributed by atoms with E-state index in [0.29, 0.717) is 12.8 Å². The van der Waals surface area contributed by atoms with E-state index in [9.17, 15) is 26.0 Å². The summed E-state index contributed by atoms with van der Waals surface area (Å²) in [5.41, 5.74) is -3.80. The average molecular weight is 394 g/mol. The van der Waals surface area contributed by atoms with Gasteiger partial charge >= 0.3 is 15.6 Å². The van der Waals surface area contributed by atoms with Crippen molar-refractivity contribution in [2.24, 2.45) is 11.8 Å². The Labute approximate surface area is 150 Å². The Morgan fingerprint density at radius 1 is 1.19 bits per heavy atom. The Kier molecular flexibility index (Phi) is 5.25. The molecular weight excluding hydrogens is 372 g/mol. The number of fused-ring (bicyclic) bond motifs is 3. The predicted molar refractivity (Wildman–Crippen MR) is 89.1 cm³/mol. The van der Waals surface area contributed by atoms with Gasteiger partial charge in [-0.05, 0) is 73.1 Å². The van der Waals surface area contributed by atoms with Crippen molar-refractivity contribution < 1.29 is 30.2 Å². The molecule has 0 N–H and O–H groups in total. The molecule has 1 saturated carbocycles. The minimum absolute atomic E-state index is 0.0372. The van der Waals surface area contributed by atoms with Crippen LogP contribution in [0.15, 0.2) is 18.2 Å². The van der Waals surface area contributed by atoms with Gasteiger partial charge in [0, 0.05) is 0 Å². The van der Waals surface area contributed by atoms with Gasteiger partial charge in [0.1, 0.15) is 11.9 Å². The van der Waals surface area contributed by atoms with Crippen molar-refractivity contribution in [3.8, 4) is 5.75 Å². The predicted octanol–water partition coefficient (Wildman–Crippen LogP) is 5.11. The molecule has 4 unspecified atom stereocenters. The van der Waals surface area contributed by atoms with E-state index in [4.69, 9.17) is 0 Å². The molecule has 0 heterocycles. The monoisotopic (exact) mass is 394 g/mol. The van der Waals surface area contributed by atoms with Crippen LogP contribution in [0.25, 0.3) is 0 Å². The molecule has 1 aromatic rings. The van der Waals surface area contributed by atoms with Crippen LogP contribution in [0.3, 0.4) is 0 Å². The maximum absolute atomic E-state index is 14.9. The largest absolute Gasteiger partial charge is 0.534 e. The van der Waals surface area contributed by atoms with Gasteiger partial charge in [-0.25, -0.2) is 4.39 Å². The van der Waals surface area contributed by atoms with Crippen molar-refractivity contribution in [2.45, 2.75) is 63.0 Å². The van der Waals surface area contributed by atoms with Crippen molar-refractivity contribution >= 4 is 10.1 Å². The van der Waals surface area contributed by atoms with Gasteiger partial charge in [-0.15, -0.1) is 0 Å². The summed E-state index contributed by atoms with van der Waals surface area (Å²) < 4.78 is 78.8. The molecular formula is C18H22F4O3S.